The van der Waals surface area contributed by atoms with Crippen LogP contribution in [0, 0.1) is 5.92 Å². The largest absolute Gasteiger partial charge is 0.179 e. The molecule has 0 fully saturated rings. The van der Waals surface area contributed by atoms with Crippen molar-refractivity contribution in [2.24, 2.45) is 5.92 Å². The van der Waals surface area contributed by atoms with Crippen molar-refractivity contribution in [2.75, 3.05) is 11.5 Å². The molecule has 0 spiro atoms. The number of rotatable bonds is 6. The number of hydrogen-bond acceptors (Lipinski definition) is 2. The lowest BCUT2D eigenvalue weighted by Gasteiger charge is -2.05. The molecule has 0 aliphatic carbocycles. The third kappa shape index (κ3) is 6.81. The smallest absolute Gasteiger partial charge is 0.00721 e. The summed E-state index contributed by atoms with van der Waals surface area (Å²) >= 11 is 8.38. The highest BCUT2D eigenvalue weighted by atomic mass is 32.1. The molecule has 0 radical (unpaired) electrons. The van der Waals surface area contributed by atoms with E-state index in [1.807, 2.05) is 0 Å². The van der Waals surface area contributed by atoms with Crippen molar-refractivity contribution in [1.29, 1.82) is 0 Å². The Labute approximate surface area is 75.6 Å². The zero-order valence-electron chi connectivity index (χ0n) is 6.71. The summed E-state index contributed by atoms with van der Waals surface area (Å²) in [5.41, 5.74) is 0. The summed E-state index contributed by atoms with van der Waals surface area (Å²) < 4.78 is 0. The average Bonchev–Trinajstić information content (AvgIpc) is 1.98. The highest BCUT2D eigenvalue weighted by Crippen LogP contribution is 2.10. The molecule has 10 heavy (non-hydrogen) atoms. The maximum atomic E-state index is 4.23. The van der Waals surface area contributed by atoms with E-state index in [0.717, 1.165) is 17.4 Å². The molecular weight excluding hydrogens is 160 g/mol. The molecule has 2 heteroatoms. The summed E-state index contributed by atoms with van der Waals surface area (Å²) in [6, 6.07) is 0. The van der Waals surface area contributed by atoms with Crippen LogP contribution in [0.15, 0.2) is 0 Å². The van der Waals surface area contributed by atoms with E-state index in [0.29, 0.717) is 0 Å². The minimum atomic E-state index is 0.795. The molecule has 0 aliphatic rings. The molecular formula is C8H18S2. The molecule has 1 unspecified atom stereocenters. The predicted molar refractivity (Wildman–Crippen MR) is 55.3 cm³/mol. The first kappa shape index (κ1) is 10.7. The lowest BCUT2D eigenvalue weighted by Crippen LogP contribution is -1.95. The Bertz CT molecular complexity index is 64.3. The van der Waals surface area contributed by atoms with Gasteiger partial charge in [0.05, 0.1) is 0 Å². The van der Waals surface area contributed by atoms with Crippen LogP contribution >= 0.6 is 25.3 Å². The summed E-state index contributed by atoms with van der Waals surface area (Å²) in [5, 5.41) is 0. The van der Waals surface area contributed by atoms with Crippen molar-refractivity contribution in [3.63, 3.8) is 0 Å². The first-order valence-electron chi connectivity index (χ1n) is 4.03. The highest BCUT2D eigenvalue weighted by Gasteiger charge is 1.97. The summed E-state index contributed by atoms with van der Waals surface area (Å²) in [4.78, 5) is 0. The molecule has 0 bridgehead atoms. The summed E-state index contributed by atoms with van der Waals surface area (Å²) in [6.07, 6.45) is 5.28. The monoisotopic (exact) mass is 178 g/mol. The molecule has 0 N–H and O–H groups in total. The summed E-state index contributed by atoms with van der Waals surface area (Å²) in [6.45, 7) is 2.26. The van der Waals surface area contributed by atoms with Gasteiger partial charge in [-0.15, -0.1) is 0 Å². The molecule has 62 valence electrons. The SMILES string of the molecule is CC(CS)CCCCCS. The topological polar surface area (TPSA) is 0 Å². The van der Waals surface area contributed by atoms with Crippen LogP contribution in [0.25, 0.3) is 0 Å². The molecule has 0 rings (SSSR count). The maximum Gasteiger partial charge on any atom is -0.00721 e. The van der Waals surface area contributed by atoms with Crippen molar-refractivity contribution < 1.29 is 0 Å². The Morgan fingerprint density at radius 3 is 2.30 bits per heavy atom. The molecule has 0 aliphatic heterocycles. The van der Waals surface area contributed by atoms with Gasteiger partial charge in [-0.05, 0) is 30.3 Å². The molecule has 0 heterocycles. The van der Waals surface area contributed by atoms with E-state index in [1.165, 1.54) is 25.7 Å². The molecule has 0 nitrogen and oxygen atoms in total. The van der Waals surface area contributed by atoms with Gasteiger partial charge in [-0.2, -0.15) is 25.3 Å². The quantitative estimate of drug-likeness (QED) is 0.453. The molecule has 0 saturated heterocycles. The van der Waals surface area contributed by atoms with Crippen molar-refractivity contribution in [3.05, 3.63) is 0 Å². The molecule has 0 aromatic heterocycles. The number of unbranched alkanes of at least 4 members (excludes halogenated alkanes) is 2. The van der Waals surface area contributed by atoms with E-state index in [1.54, 1.807) is 0 Å². The van der Waals surface area contributed by atoms with Crippen LogP contribution in [0.3, 0.4) is 0 Å². The van der Waals surface area contributed by atoms with Crippen molar-refractivity contribution in [1.82, 2.24) is 0 Å². The lowest BCUT2D eigenvalue weighted by atomic mass is 10.1. The van der Waals surface area contributed by atoms with Gasteiger partial charge < -0.3 is 0 Å². The van der Waals surface area contributed by atoms with Crippen LogP contribution in [0.2, 0.25) is 0 Å². The second kappa shape index (κ2) is 7.80. The van der Waals surface area contributed by atoms with Gasteiger partial charge >= 0.3 is 0 Å². The van der Waals surface area contributed by atoms with E-state index in [4.69, 9.17) is 0 Å². The third-order valence-corrected chi connectivity index (χ3v) is 2.61. The van der Waals surface area contributed by atoms with E-state index < -0.39 is 0 Å². The van der Waals surface area contributed by atoms with Gasteiger partial charge in [0.1, 0.15) is 0 Å². The maximum absolute atomic E-state index is 4.23. The van der Waals surface area contributed by atoms with E-state index >= 15 is 0 Å². The van der Waals surface area contributed by atoms with E-state index in [-0.39, 0.29) is 0 Å². The number of thiol groups is 2. The van der Waals surface area contributed by atoms with Crippen molar-refractivity contribution in [2.45, 2.75) is 32.6 Å². The van der Waals surface area contributed by atoms with Crippen LogP contribution in [0.5, 0.6) is 0 Å². The van der Waals surface area contributed by atoms with Gasteiger partial charge in [-0.3, -0.25) is 0 Å². The van der Waals surface area contributed by atoms with Crippen LogP contribution in [-0.2, 0) is 0 Å². The minimum Gasteiger partial charge on any atom is -0.179 e. The zero-order chi connectivity index (χ0) is 7.82. The van der Waals surface area contributed by atoms with Crippen LogP contribution in [-0.4, -0.2) is 11.5 Å². The fourth-order valence-electron chi connectivity index (χ4n) is 0.873. The van der Waals surface area contributed by atoms with Crippen LogP contribution in [0.4, 0.5) is 0 Å². The molecule has 0 saturated carbocycles. The van der Waals surface area contributed by atoms with Crippen LogP contribution < -0.4 is 0 Å². The first-order chi connectivity index (χ1) is 4.81. The van der Waals surface area contributed by atoms with Gasteiger partial charge in [0.25, 0.3) is 0 Å². The van der Waals surface area contributed by atoms with Gasteiger partial charge in [-0.1, -0.05) is 19.8 Å². The Balaban J connectivity index is 2.89. The van der Waals surface area contributed by atoms with Gasteiger partial charge in [0, 0.05) is 0 Å². The zero-order valence-corrected chi connectivity index (χ0v) is 8.50. The van der Waals surface area contributed by atoms with Crippen LogP contribution in [0.1, 0.15) is 32.6 Å². The van der Waals surface area contributed by atoms with Crippen molar-refractivity contribution >= 4 is 25.3 Å². The summed E-state index contributed by atoms with van der Waals surface area (Å²) in [7, 11) is 0. The third-order valence-electron chi connectivity index (χ3n) is 1.67. The molecule has 1 atom stereocenters. The molecule has 0 aromatic rings. The van der Waals surface area contributed by atoms with E-state index in [2.05, 4.69) is 32.2 Å². The van der Waals surface area contributed by atoms with Gasteiger partial charge in [0.2, 0.25) is 0 Å². The second-order valence-electron chi connectivity index (χ2n) is 2.86. The second-order valence-corrected chi connectivity index (χ2v) is 3.67. The van der Waals surface area contributed by atoms with Gasteiger partial charge in [0.15, 0.2) is 0 Å². The summed E-state index contributed by atoms with van der Waals surface area (Å²) in [5.74, 6) is 2.86. The fourth-order valence-corrected chi connectivity index (χ4v) is 1.28. The highest BCUT2D eigenvalue weighted by molar-refractivity contribution is 7.80. The predicted octanol–water partition coefficient (Wildman–Crippen LogP) is 3.04. The van der Waals surface area contributed by atoms with Gasteiger partial charge in [-0.25, -0.2) is 0 Å². The normalized spacial score (nSPS) is 13.5. The Kier molecular flexibility index (Phi) is 8.35. The minimum absolute atomic E-state index is 0.795. The molecule has 0 aromatic carbocycles. The Morgan fingerprint density at radius 1 is 1.10 bits per heavy atom. The Morgan fingerprint density at radius 2 is 1.80 bits per heavy atom. The lowest BCUT2D eigenvalue weighted by molar-refractivity contribution is 0.543. The Hall–Kier alpha value is 0.700. The number of hydrogen-bond donors (Lipinski definition) is 2. The average molecular weight is 178 g/mol. The van der Waals surface area contributed by atoms with Crippen molar-refractivity contribution in [3.8, 4) is 0 Å². The first-order valence-corrected chi connectivity index (χ1v) is 5.29. The van der Waals surface area contributed by atoms with E-state index in [9.17, 15) is 0 Å². The fraction of sp³-hybridized carbons (Fsp3) is 1.00. The molecule has 0 amide bonds. The standard InChI is InChI=1S/C8H18S2/c1-8(7-10)5-3-2-4-6-9/h8-10H,2-7H2,1H3.